The highest BCUT2D eigenvalue weighted by atomic mass is 19.4. The lowest BCUT2D eigenvalue weighted by atomic mass is 9.89. The summed E-state index contributed by atoms with van der Waals surface area (Å²) in [5, 5.41) is 2.86. The molecule has 7 nitrogen and oxygen atoms in total. The van der Waals surface area contributed by atoms with Gasteiger partial charge < -0.3 is 10.2 Å². The maximum atomic E-state index is 14.9. The molecule has 1 N–H and O–H groups in total. The van der Waals surface area contributed by atoms with Crippen molar-refractivity contribution in [3.8, 4) is 11.4 Å². The predicted octanol–water partition coefficient (Wildman–Crippen LogP) is 4.58. The third-order valence-electron chi connectivity index (χ3n) is 5.93. The van der Waals surface area contributed by atoms with E-state index >= 15 is 0 Å². The highest BCUT2D eigenvalue weighted by Gasteiger charge is 2.36. The lowest BCUT2D eigenvalue weighted by molar-refractivity contribution is -0.138. The Morgan fingerprint density at radius 1 is 1.09 bits per heavy atom. The zero-order chi connectivity index (χ0) is 25.2. The number of anilines is 1. The Morgan fingerprint density at radius 3 is 2.40 bits per heavy atom. The topological polar surface area (TPSA) is 83.9 Å². The molecule has 1 amide bonds. The van der Waals surface area contributed by atoms with Gasteiger partial charge in [0.05, 0.1) is 22.7 Å². The molecule has 0 spiro atoms. The van der Waals surface area contributed by atoms with Crippen LogP contribution in [0, 0.1) is 17.6 Å². The van der Waals surface area contributed by atoms with Crippen molar-refractivity contribution in [2.24, 2.45) is 5.92 Å². The second-order valence-corrected chi connectivity index (χ2v) is 8.21. The summed E-state index contributed by atoms with van der Waals surface area (Å²) < 4.78 is 68.0. The molecule has 2 aromatic heterocycles. The molecule has 0 bridgehead atoms. The molecule has 12 heteroatoms. The largest absolute Gasteiger partial charge is 0.419 e. The smallest absolute Gasteiger partial charge is 0.352 e. The number of halogens is 5. The molecule has 2 atom stereocenters. The Bertz CT molecular complexity index is 1190. The summed E-state index contributed by atoms with van der Waals surface area (Å²) in [6, 6.07) is 2.83. The molecule has 0 aliphatic carbocycles. The number of aromatic nitrogens is 4. The standard InChI is InChI=1S/C23H21F5N6O/c1-13-4-2-9-34(17(13)12-33-22-31-10-14(11-32-22)23(26,27)28)21(35)19-16(25)6-5-15(24)18(19)20-29-7-3-8-30-20/h3,5-8,10-11,13,17H,2,4,9,12H2,1H3,(H,31,32,33). The number of nitrogens with one attached hydrogen (secondary N) is 1. The molecule has 1 aromatic carbocycles. The summed E-state index contributed by atoms with van der Waals surface area (Å²) in [7, 11) is 0. The summed E-state index contributed by atoms with van der Waals surface area (Å²) in [6.45, 7) is 2.29. The van der Waals surface area contributed by atoms with E-state index in [9.17, 15) is 26.7 Å². The first-order chi connectivity index (χ1) is 16.7. The van der Waals surface area contributed by atoms with Crippen molar-refractivity contribution >= 4 is 11.9 Å². The normalized spacial score (nSPS) is 18.4. The van der Waals surface area contributed by atoms with Gasteiger partial charge in [0.2, 0.25) is 5.95 Å². The van der Waals surface area contributed by atoms with Crippen molar-refractivity contribution in [2.45, 2.75) is 32.0 Å². The quantitative estimate of drug-likeness (QED) is 0.525. The fourth-order valence-corrected chi connectivity index (χ4v) is 4.13. The van der Waals surface area contributed by atoms with E-state index in [4.69, 9.17) is 0 Å². The molecule has 0 radical (unpaired) electrons. The van der Waals surface area contributed by atoms with Gasteiger partial charge in [-0.05, 0) is 37.0 Å². The zero-order valence-electron chi connectivity index (χ0n) is 18.6. The van der Waals surface area contributed by atoms with E-state index in [0.29, 0.717) is 18.8 Å². The Labute approximate surface area is 197 Å². The average molecular weight is 492 g/mol. The van der Waals surface area contributed by atoms with E-state index in [-0.39, 0.29) is 36.3 Å². The van der Waals surface area contributed by atoms with Gasteiger partial charge in [-0.2, -0.15) is 13.2 Å². The number of amides is 1. The fraction of sp³-hybridized carbons (Fsp3) is 0.348. The summed E-state index contributed by atoms with van der Waals surface area (Å²) in [6.07, 6.45) is 0.905. The van der Waals surface area contributed by atoms with Crippen LogP contribution in [0.1, 0.15) is 35.7 Å². The number of hydrogen-bond acceptors (Lipinski definition) is 6. The number of benzene rings is 1. The molecule has 3 aromatic rings. The first kappa shape index (κ1) is 24.4. The van der Waals surface area contributed by atoms with Crippen LogP contribution in [0.5, 0.6) is 0 Å². The summed E-state index contributed by atoms with van der Waals surface area (Å²) >= 11 is 0. The van der Waals surface area contributed by atoms with Gasteiger partial charge in [-0.1, -0.05) is 6.92 Å². The van der Waals surface area contributed by atoms with E-state index < -0.39 is 40.9 Å². The van der Waals surface area contributed by atoms with Crippen LogP contribution in [0.2, 0.25) is 0 Å². The Hall–Kier alpha value is -3.70. The van der Waals surface area contributed by atoms with E-state index in [1.165, 1.54) is 23.4 Å². The van der Waals surface area contributed by atoms with Gasteiger partial charge in [0.1, 0.15) is 11.6 Å². The van der Waals surface area contributed by atoms with Gasteiger partial charge in [-0.15, -0.1) is 0 Å². The molecule has 3 heterocycles. The van der Waals surface area contributed by atoms with Gasteiger partial charge in [-0.25, -0.2) is 28.7 Å². The first-order valence-corrected chi connectivity index (χ1v) is 10.9. The second-order valence-electron chi connectivity index (χ2n) is 8.21. The summed E-state index contributed by atoms with van der Waals surface area (Å²) in [5.41, 5.74) is -1.78. The Morgan fingerprint density at radius 2 is 1.74 bits per heavy atom. The minimum Gasteiger partial charge on any atom is -0.352 e. The lowest BCUT2D eigenvalue weighted by Gasteiger charge is -2.40. The van der Waals surface area contributed by atoms with Crippen LogP contribution in [0.4, 0.5) is 27.9 Å². The molecular formula is C23H21F5N6O. The molecular weight excluding hydrogens is 471 g/mol. The molecule has 35 heavy (non-hydrogen) atoms. The van der Waals surface area contributed by atoms with Gasteiger partial charge in [-0.3, -0.25) is 4.79 Å². The second kappa shape index (κ2) is 9.88. The molecule has 0 saturated carbocycles. The third-order valence-corrected chi connectivity index (χ3v) is 5.93. The number of nitrogens with zero attached hydrogens (tertiary/aromatic N) is 5. The SMILES string of the molecule is CC1CCCN(C(=O)c2c(F)ccc(F)c2-c2ncccn2)C1CNc1ncc(C(F)(F)F)cn1. The number of carbonyl (C=O) groups is 1. The van der Waals surface area contributed by atoms with Crippen LogP contribution in [0.3, 0.4) is 0 Å². The van der Waals surface area contributed by atoms with Crippen molar-refractivity contribution in [3.05, 3.63) is 65.7 Å². The third kappa shape index (κ3) is 5.20. The van der Waals surface area contributed by atoms with Crippen molar-refractivity contribution in [2.75, 3.05) is 18.4 Å². The van der Waals surface area contributed by atoms with Crippen LogP contribution in [-0.4, -0.2) is 49.9 Å². The molecule has 2 unspecified atom stereocenters. The number of piperidine rings is 1. The number of likely N-dealkylation sites (tertiary alicyclic amines) is 1. The fourth-order valence-electron chi connectivity index (χ4n) is 4.13. The number of carbonyl (C=O) groups excluding carboxylic acids is 1. The Kier molecular flexibility index (Phi) is 6.90. The van der Waals surface area contributed by atoms with Crippen molar-refractivity contribution in [1.82, 2.24) is 24.8 Å². The van der Waals surface area contributed by atoms with Gasteiger partial charge in [0, 0.05) is 37.9 Å². The monoisotopic (exact) mass is 492 g/mol. The Balaban J connectivity index is 1.61. The summed E-state index contributed by atoms with van der Waals surface area (Å²) in [5.74, 6) is -2.67. The molecule has 1 fully saturated rings. The van der Waals surface area contributed by atoms with Gasteiger partial charge in [0.25, 0.3) is 5.91 Å². The van der Waals surface area contributed by atoms with E-state index in [2.05, 4.69) is 25.3 Å². The van der Waals surface area contributed by atoms with Crippen molar-refractivity contribution in [3.63, 3.8) is 0 Å². The minimum absolute atomic E-state index is 0.0392. The summed E-state index contributed by atoms with van der Waals surface area (Å²) in [4.78, 5) is 30.3. The van der Waals surface area contributed by atoms with E-state index in [1.54, 1.807) is 0 Å². The van der Waals surface area contributed by atoms with Gasteiger partial charge >= 0.3 is 6.18 Å². The molecule has 4 rings (SSSR count). The molecule has 1 saturated heterocycles. The molecule has 184 valence electrons. The highest BCUT2D eigenvalue weighted by molar-refractivity contribution is 6.00. The van der Waals surface area contributed by atoms with Crippen LogP contribution in [-0.2, 0) is 6.18 Å². The lowest BCUT2D eigenvalue weighted by Crippen LogP contribution is -2.51. The molecule has 1 aliphatic rings. The van der Waals surface area contributed by atoms with Gasteiger partial charge in [0.15, 0.2) is 5.82 Å². The number of hydrogen-bond donors (Lipinski definition) is 1. The molecule has 1 aliphatic heterocycles. The maximum Gasteiger partial charge on any atom is 0.419 e. The number of rotatable bonds is 5. The highest BCUT2D eigenvalue weighted by Crippen LogP contribution is 2.32. The predicted molar refractivity (Wildman–Crippen MR) is 116 cm³/mol. The maximum absolute atomic E-state index is 14.9. The minimum atomic E-state index is -4.56. The van der Waals surface area contributed by atoms with Crippen LogP contribution in [0.25, 0.3) is 11.4 Å². The zero-order valence-corrected chi connectivity index (χ0v) is 18.6. The van der Waals surface area contributed by atoms with Crippen molar-refractivity contribution < 1.29 is 26.7 Å². The van der Waals surface area contributed by atoms with Crippen LogP contribution >= 0.6 is 0 Å². The average Bonchev–Trinajstić information content (AvgIpc) is 2.84. The van der Waals surface area contributed by atoms with Crippen LogP contribution in [0.15, 0.2) is 43.0 Å². The first-order valence-electron chi connectivity index (χ1n) is 10.9. The van der Waals surface area contributed by atoms with E-state index in [0.717, 1.165) is 18.6 Å². The number of alkyl halides is 3. The van der Waals surface area contributed by atoms with Crippen molar-refractivity contribution in [1.29, 1.82) is 0 Å². The van der Waals surface area contributed by atoms with Crippen LogP contribution < -0.4 is 5.32 Å². The van der Waals surface area contributed by atoms with E-state index in [1.807, 2.05) is 6.92 Å².